The highest BCUT2D eigenvalue weighted by molar-refractivity contribution is 6.00. The van der Waals surface area contributed by atoms with Crippen molar-refractivity contribution in [1.29, 1.82) is 0 Å². The van der Waals surface area contributed by atoms with Gasteiger partial charge in [-0.05, 0) is 6.07 Å². The molecule has 0 fully saturated rings. The number of fused-ring (bicyclic) bond motifs is 3. The Morgan fingerprint density at radius 1 is 1.10 bits per heavy atom. The van der Waals surface area contributed by atoms with E-state index in [1.54, 1.807) is 13.2 Å². The Balaban J connectivity index is 1.78. The lowest BCUT2D eigenvalue weighted by Crippen LogP contribution is -2.26. The number of aromatic nitrogens is 6. The first-order chi connectivity index (χ1) is 14.9. The van der Waals surface area contributed by atoms with E-state index >= 15 is 0 Å². The predicted molar refractivity (Wildman–Crippen MR) is 113 cm³/mol. The molecule has 13 nitrogen and oxygen atoms in total. The number of rotatable bonds is 4. The van der Waals surface area contributed by atoms with Crippen LogP contribution in [0, 0.1) is 0 Å². The van der Waals surface area contributed by atoms with E-state index in [9.17, 15) is 9.59 Å². The molecule has 1 aliphatic rings. The third-order valence-corrected chi connectivity index (χ3v) is 4.69. The van der Waals surface area contributed by atoms with Crippen LogP contribution >= 0.6 is 0 Å². The smallest absolute Gasteiger partial charge is 0.320 e. The summed E-state index contributed by atoms with van der Waals surface area (Å²) in [5.41, 5.74) is 3.70. The Morgan fingerprint density at radius 2 is 1.90 bits per heavy atom. The molecule has 0 spiro atoms. The molecule has 0 saturated carbocycles. The molecule has 4 N–H and O–H groups in total. The zero-order valence-corrected chi connectivity index (χ0v) is 17.4. The van der Waals surface area contributed by atoms with Crippen LogP contribution < -0.4 is 26.2 Å². The number of hydrogen-bond acceptors (Lipinski definition) is 9. The molecule has 1 aliphatic heterocycles. The molecule has 4 heterocycles. The monoisotopic (exact) mass is 423 g/mol. The van der Waals surface area contributed by atoms with E-state index in [0.717, 1.165) is 22.6 Å². The zero-order chi connectivity index (χ0) is 22.1. The molecule has 4 rings (SSSR count). The van der Waals surface area contributed by atoms with Crippen LogP contribution in [0.1, 0.15) is 16.2 Å². The minimum Gasteiger partial charge on any atom is -0.365 e. The molecular formula is C18H21N11O2. The summed E-state index contributed by atoms with van der Waals surface area (Å²) in [4.78, 5) is 32.0. The second-order valence-electron chi connectivity index (χ2n) is 6.80. The van der Waals surface area contributed by atoms with E-state index in [1.807, 2.05) is 18.0 Å². The highest BCUT2D eigenvalue weighted by atomic mass is 16.2. The summed E-state index contributed by atoms with van der Waals surface area (Å²) >= 11 is 0. The molecule has 0 aliphatic carbocycles. The number of carbonyl (C=O) groups is 2. The number of amides is 3. The molecule has 0 saturated heterocycles. The number of carbonyl (C=O) groups excluding carboxylic acids is 2. The molecular weight excluding hydrogens is 402 g/mol. The summed E-state index contributed by atoms with van der Waals surface area (Å²) in [6.07, 6.45) is 1.65. The molecule has 3 aromatic heterocycles. The molecule has 13 heteroatoms. The van der Waals surface area contributed by atoms with Crippen molar-refractivity contribution in [3.63, 3.8) is 0 Å². The van der Waals surface area contributed by atoms with Crippen molar-refractivity contribution in [2.45, 2.75) is 6.54 Å². The molecule has 3 amide bonds. The van der Waals surface area contributed by atoms with Crippen molar-refractivity contribution < 1.29 is 9.59 Å². The maximum absolute atomic E-state index is 12.3. The van der Waals surface area contributed by atoms with Gasteiger partial charge in [0.2, 0.25) is 0 Å². The van der Waals surface area contributed by atoms with Gasteiger partial charge in [0.1, 0.15) is 11.4 Å². The first-order valence-electron chi connectivity index (χ1n) is 9.37. The topological polar surface area (TPSA) is 155 Å². The SMILES string of the molecule is CNC(=O)Nc1cc(Nc2nccc3c2N(C)Cc2nn(C)nc2-3)c(C(=O)NC)nn1. The Morgan fingerprint density at radius 3 is 2.65 bits per heavy atom. The van der Waals surface area contributed by atoms with Crippen LogP contribution in [0.15, 0.2) is 18.3 Å². The van der Waals surface area contributed by atoms with Crippen molar-refractivity contribution >= 4 is 34.9 Å². The van der Waals surface area contributed by atoms with E-state index in [0.29, 0.717) is 18.1 Å². The number of nitrogens with zero attached hydrogens (tertiary/aromatic N) is 7. The van der Waals surface area contributed by atoms with E-state index in [-0.39, 0.29) is 11.5 Å². The van der Waals surface area contributed by atoms with Gasteiger partial charge >= 0.3 is 6.03 Å². The zero-order valence-electron chi connectivity index (χ0n) is 17.4. The highest BCUT2D eigenvalue weighted by Crippen LogP contribution is 2.41. The van der Waals surface area contributed by atoms with Gasteiger partial charge in [0.15, 0.2) is 17.3 Å². The summed E-state index contributed by atoms with van der Waals surface area (Å²) in [7, 11) is 6.68. The Bertz CT molecular complexity index is 1170. The van der Waals surface area contributed by atoms with Gasteiger partial charge < -0.3 is 20.9 Å². The summed E-state index contributed by atoms with van der Waals surface area (Å²) in [5.74, 6) is 0.236. The van der Waals surface area contributed by atoms with Gasteiger partial charge in [-0.25, -0.2) is 9.78 Å². The largest absolute Gasteiger partial charge is 0.365 e. The molecule has 0 atom stereocenters. The number of hydrogen-bond donors (Lipinski definition) is 4. The van der Waals surface area contributed by atoms with Crippen LogP contribution in [0.4, 0.5) is 27.8 Å². The van der Waals surface area contributed by atoms with Gasteiger partial charge in [0, 0.05) is 46.0 Å². The summed E-state index contributed by atoms with van der Waals surface area (Å²) in [6, 6.07) is 2.93. The number of nitrogens with one attached hydrogen (secondary N) is 4. The van der Waals surface area contributed by atoms with Crippen LogP contribution in [0.5, 0.6) is 0 Å². The lowest BCUT2D eigenvalue weighted by atomic mass is 10.0. The minimum absolute atomic E-state index is 0.0583. The van der Waals surface area contributed by atoms with E-state index in [4.69, 9.17) is 0 Å². The van der Waals surface area contributed by atoms with Crippen molar-refractivity contribution in [1.82, 2.24) is 40.8 Å². The Labute approximate surface area is 177 Å². The van der Waals surface area contributed by atoms with E-state index in [1.165, 1.54) is 25.0 Å². The van der Waals surface area contributed by atoms with Gasteiger partial charge in [-0.3, -0.25) is 10.1 Å². The average molecular weight is 423 g/mol. The fourth-order valence-electron chi connectivity index (χ4n) is 3.33. The number of pyridine rings is 1. The fourth-order valence-corrected chi connectivity index (χ4v) is 3.33. The maximum Gasteiger partial charge on any atom is 0.320 e. The van der Waals surface area contributed by atoms with Crippen molar-refractivity contribution in [2.24, 2.45) is 7.05 Å². The van der Waals surface area contributed by atoms with Gasteiger partial charge in [-0.15, -0.1) is 10.2 Å². The van der Waals surface area contributed by atoms with Gasteiger partial charge in [-0.2, -0.15) is 15.0 Å². The molecule has 3 aromatic rings. The summed E-state index contributed by atoms with van der Waals surface area (Å²) < 4.78 is 0. The van der Waals surface area contributed by atoms with Gasteiger partial charge in [-0.1, -0.05) is 0 Å². The summed E-state index contributed by atoms with van der Waals surface area (Å²) in [5, 5.41) is 27.4. The van der Waals surface area contributed by atoms with Crippen LogP contribution in [0.3, 0.4) is 0 Å². The van der Waals surface area contributed by atoms with E-state index < -0.39 is 11.9 Å². The minimum atomic E-state index is -0.460. The molecule has 0 aromatic carbocycles. The molecule has 0 radical (unpaired) electrons. The average Bonchev–Trinajstić information content (AvgIpc) is 3.13. The van der Waals surface area contributed by atoms with E-state index in [2.05, 4.69) is 46.6 Å². The first kappa shape index (κ1) is 20.0. The predicted octanol–water partition coefficient (Wildman–Crippen LogP) is 0.471. The second kappa shape index (κ2) is 7.85. The quantitative estimate of drug-likeness (QED) is 0.469. The molecule has 31 heavy (non-hydrogen) atoms. The molecule has 0 unspecified atom stereocenters. The Hall–Kier alpha value is -4.29. The van der Waals surface area contributed by atoms with Crippen LogP contribution in [0.25, 0.3) is 11.3 Å². The second-order valence-corrected chi connectivity index (χ2v) is 6.80. The van der Waals surface area contributed by atoms with Gasteiger partial charge in [0.25, 0.3) is 5.91 Å². The lowest BCUT2D eigenvalue weighted by Gasteiger charge is -2.28. The summed E-state index contributed by atoms with van der Waals surface area (Å²) in [6.45, 7) is 0.553. The standard InChI is InChI=1S/C18H21N11O2/c1-19-17(30)14-10(7-12(24-25-14)23-18(31)20-2)22-16-15-9(5-6-21-16)13-11(8-28(15)3)26-29(4)27-13/h5-7H,8H2,1-4H3,(H,19,30)(H3,20,21,22,23,24,31). The third kappa shape index (κ3) is 3.68. The number of aryl methyl sites for hydroxylation is 1. The number of anilines is 4. The van der Waals surface area contributed by atoms with Crippen LogP contribution in [-0.2, 0) is 13.6 Å². The fraction of sp³-hybridized carbons (Fsp3) is 0.278. The normalized spacial score (nSPS) is 11.9. The third-order valence-electron chi connectivity index (χ3n) is 4.69. The maximum atomic E-state index is 12.3. The number of urea groups is 1. The van der Waals surface area contributed by atoms with Crippen molar-refractivity contribution in [3.8, 4) is 11.3 Å². The first-order valence-corrected chi connectivity index (χ1v) is 9.37. The van der Waals surface area contributed by atoms with Crippen molar-refractivity contribution in [3.05, 3.63) is 29.7 Å². The Kier molecular flexibility index (Phi) is 5.07. The van der Waals surface area contributed by atoms with Crippen LogP contribution in [-0.4, -0.2) is 63.3 Å². The van der Waals surface area contributed by atoms with Crippen molar-refractivity contribution in [2.75, 3.05) is 36.7 Å². The van der Waals surface area contributed by atoms with Crippen LogP contribution in [0.2, 0.25) is 0 Å². The van der Waals surface area contributed by atoms with Gasteiger partial charge in [0.05, 0.1) is 17.9 Å². The lowest BCUT2D eigenvalue weighted by molar-refractivity contribution is 0.0958. The molecule has 160 valence electrons. The molecule has 0 bridgehead atoms. The highest BCUT2D eigenvalue weighted by Gasteiger charge is 2.28.